The first-order valence-electron chi connectivity index (χ1n) is 11.3. The summed E-state index contributed by atoms with van der Waals surface area (Å²) >= 11 is 8.02. The van der Waals surface area contributed by atoms with E-state index in [-0.39, 0.29) is 5.25 Å². The summed E-state index contributed by atoms with van der Waals surface area (Å²) in [4.78, 5) is 5.36. The molecule has 6 nitrogen and oxygen atoms in total. The Bertz CT molecular complexity index is 1520. The molecule has 4 N–H and O–H groups in total. The van der Waals surface area contributed by atoms with Crippen LogP contribution in [0.1, 0.15) is 48.7 Å². The number of thiophene rings is 1. The number of halogens is 1. The third-order valence-electron chi connectivity index (χ3n) is 6.17. The van der Waals surface area contributed by atoms with Crippen molar-refractivity contribution in [1.82, 2.24) is 9.71 Å². The summed E-state index contributed by atoms with van der Waals surface area (Å²) in [5.74, 6) is 0. The lowest BCUT2D eigenvalue weighted by Crippen LogP contribution is -2.31. The van der Waals surface area contributed by atoms with E-state index in [1.807, 2.05) is 30.3 Å². The second kappa shape index (κ2) is 8.87. The van der Waals surface area contributed by atoms with Gasteiger partial charge in [0.25, 0.3) is 0 Å². The molecule has 0 bridgehead atoms. The Kier molecular flexibility index (Phi) is 6.14. The predicted molar refractivity (Wildman–Crippen MR) is 143 cm³/mol. The molecule has 0 aliphatic heterocycles. The van der Waals surface area contributed by atoms with E-state index in [0.29, 0.717) is 29.1 Å². The molecule has 5 rings (SSSR count). The van der Waals surface area contributed by atoms with Crippen LogP contribution in [0.25, 0.3) is 21.3 Å². The van der Waals surface area contributed by atoms with Gasteiger partial charge in [0.2, 0.25) is 10.0 Å². The van der Waals surface area contributed by atoms with Gasteiger partial charge in [0.15, 0.2) is 0 Å². The minimum Gasteiger partial charge on any atom is -0.399 e. The highest BCUT2D eigenvalue weighted by molar-refractivity contribution is 7.90. The maximum atomic E-state index is 13.0. The standard InChI is InChI=1S/C26H26ClN3O3S2/c1-26(2,31)16-10-11-29-22(13-16)19-5-3-4-15-12-23(34-25(15)19)24(30-35(32,33)18-7-8-18)20-14-17(28)6-9-21(20)27/h3-6,9-14,18,24,30-31H,7-8,28H2,1-2H3/t24-/m1/s1. The number of nitrogens with two attached hydrogens (primary N) is 1. The van der Waals surface area contributed by atoms with Gasteiger partial charge in [-0.15, -0.1) is 11.3 Å². The smallest absolute Gasteiger partial charge is 0.215 e. The Hall–Kier alpha value is -2.49. The number of aliphatic hydroxyl groups is 1. The highest BCUT2D eigenvalue weighted by Gasteiger charge is 2.38. The third kappa shape index (κ3) is 4.94. The largest absolute Gasteiger partial charge is 0.399 e. The summed E-state index contributed by atoms with van der Waals surface area (Å²) in [7, 11) is -3.52. The molecule has 1 atom stereocenters. The fourth-order valence-corrected chi connectivity index (χ4v) is 7.17. The zero-order valence-electron chi connectivity index (χ0n) is 19.3. The van der Waals surface area contributed by atoms with E-state index in [4.69, 9.17) is 17.3 Å². The highest BCUT2D eigenvalue weighted by atomic mass is 35.5. The lowest BCUT2D eigenvalue weighted by atomic mass is 9.97. The van der Waals surface area contributed by atoms with Crippen LogP contribution in [0.15, 0.2) is 60.8 Å². The van der Waals surface area contributed by atoms with E-state index in [1.165, 1.54) is 11.3 Å². The number of hydrogen-bond acceptors (Lipinski definition) is 6. The number of fused-ring (bicyclic) bond motifs is 1. The minimum absolute atomic E-state index is 0.372. The van der Waals surface area contributed by atoms with Gasteiger partial charge in [-0.3, -0.25) is 4.98 Å². The number of aromatic nitrogens is 1. The third-order valence-corrected chi connectivity index (χ3v) is 9.67. The number of nitrogens with one attached hydrogen (secondary N) is 1. The van der Waals surface area contributed by atoms with Crippen LogP contribution in [-0.4, -0.2) is 23.8 Å². The molecule has 182 valence electrons. The quantitative estimate of drug-likeness (QED) is 0.271. The molecule has 2 heterocycles. The van der Waals surface area contributed by atoms with E-state index in [0.717, 1.165) is 31.8 Å². The fourth-order valence-electron chi connectivity index (χ4n) is 4.08. The maximum absolute atomic E-state index is 13.0. The Morgan fingerprint density at radius 1 is 1.17 bits per heavy atom. The Labute approximate surface area is 213 Å². The van der Waals surface area contributed by atoms with Gasteiger partial charge in [0, 0.05) is 32.0 Å². The van der Waals surface area contributed by atoms with Gasteiger partial charge in [-0.1, -0.05) is 29.8 Å². The molecule has 1 aliphatic carbocycles. The molecule has 2 aromatic carbocycles. The van der Waals surface area contributed by atoms with Crippen LogP contribution in [0.3, 0.4) is 0 Å². The Balaban J connectivity index is 1.65. The van der Waals surface area contributed by atoms with Crippen LogP contribution in [-0.2, 0) is 15.6 Å². The second-order valence-corrected chi connectivity index (χ2v) is 12.9. The number of pyridine rings is 1. The Morgan fingerprint density at radius 3 is 2.66 bits per heavy atom. The van der Waals surface area contributed by atoms with Crippen LogP contribution in [0, 0.1) is 0 Å². The van der Waals surface area contributed by atoms with E-state index < -0.39 is 21.7 Å². The van der Waals surface area contributed by atoms with Crippen molar-refractivity contribution in [1.29, 1.82) is 0 Å². The number of anilines is 1. The van der Waals surface area contributed by atoms with Gasteiger partial charge >= 0.3 is 0 Å². The highest BCUT2D eigenvalue weighted by Crippen LogP contribution is 2.41. The minimum atomic E-state index is -3.52. The zero-order valence-corrected chi connectivity index (χ0v) is 21.7. The van der Waals surface area contributed by atoms with Gasteiger partial charge < -0.3 is 10.8 Å². The molecular formula is C26H26ClN3O3S2. The number of nitrogen functional groups attached to an aromatic ring is 1. The van der Waals surface area contributed by atoms with Gasteiger partial charge in [0.05, 0.1) is 22.6 Å². The summed E-state index contributed by atoms with van der Waals surface area (Å²) < 4.78 is 29.8. The van der Waals surface area contributed by atoms with Crippen molar-refractivity contribution in [2.24, 2.45) is 0 Å². The van der Waals surface area contributed by atoms with E-state index in [2.05, 4.69) is 9.71 Å². The first-order valence-corrected chi connectivity index (χ1v) is 14.0. The molecule has 1 fully saturated rings. The fraction of sp³-hybridized carbons (Fsp3) is 0.269. The van der Waals surface area contributed by atoms with Crippen molar-refractivity contribution in [2.75, 3.05) is 5.73 Å². The number of sulfonamides is 1. The van der Waals surface area contributed by atoms with Gasteiger partial charge in [-0.25, -0.2) is 13.1 Å². The first kappa shape index (κ1) is 24.2. The van der Waals surface area contributed by atoms with Crippen molar-refractivity contribution >= 4 is 48.7 Å². The Morgan fingerprint density at radius 2 is 1.94 bits per heavy atom. The maximum Gasteiger partial charge on any atom is 0.215 e. The normalized spacial score (nSPS) is 15.4. The molecule has 9 heteroatoms. The van der Waals surface area contributed by atoms with E-state index in [9.17, 15) is 13.5 Å². The SMILES string of the molecule is CC(C)(O)c1ccnc(-c2cccc3cc([C@H](NS(=O)(=O)C4CC4)c4cc(N)ccc4Cl)sc23)c1. The molecule has 0 unspecified atom stereocenters. The molecule has 4 aromatic rings. The summed E-state index contributed by atoms with van der Waals surface area (Å²) in [5, 5.41) is 11.5. The van der Waals surface area contributed by atoms with Crippen molar-refractivity contribution in [3.63, 3.8) is 0 Å². The predicted octanol–water partition coefficient (Wildman–Crippen LogP) is 5.60. The van der Waals surface area contributed by atoms with Crippen molar-refractivity contribution in [2.45, 2.75) is 43.6 Å². The molecule has 2 aromatic heterocycles. The zero-order chi connectivity index (χ0) is 25.0. The van der Waals surface area contributed by atoms with E-state index in [1.54, 1.807) is 44.3 Å². The van der Waals surface area contributed by atoms with Crippen molar-refractivity contribution < 1.29 is 13.5 Å². The summed E-state index contributed by atoms with van der Waals surface area (Å²) in [6, 6.07) is 16.0. The van der Waals surface area contributed by atoms with Gasteiger partial charge in [0.1, 0.15) is 0 Å². The van der Waals surface area contributed by atoms with Gasteiger partial charge in [-0.05, 0) is 79.6 Å². The summed E-state index contributed by atoms with van der Waals surface area (Å²) in [6.45, 7) is 3.48. The van der Waals surface area contributed by atoms with Gasteiger partial charge in [-0.2, -0.15) is 0 Å². The lowest BCUT2D eigenvalue weighted by molar-refractivity contribution is 0.0785. The van der Waals surface area contributed by atoms with Crippen molar-refractivity contribution in [3.05, 3.63) is 81.8 Å². The lowest BCUT2D eigenvalue weighted by Gasteiger charge is -2.20. The number of nitrogens with zero attached hydrogens (tertiary/aromatic N) is 1. The number of rotatable bonds is 7. The average molecular weight is 528 g/mol. The van der Waals surface area contributed by atoms with Crippen molar-refractivity contribution in [3.8, 4) is 11.3 Å². The van der Waals surface area contributed by atoms with E-state index >= 15 is 0 Å². The van der Waals surface area contributed by atoms with Crippen LogP contribution < -0.4 is 10.5 Å². The molecule has 0 spiro atoms. The second-order valence-electron chi connectivity index (χ2n) is 9.44. The molecule has 1 saturated carbocycles. The molecular weight excluding hydrogens is 502 g/mol. The monoisotopic (exact) mass is 527 g/mol. The van der Waals surface area contributed by atoms with Crippen LogP contribution in [0.5, 0.6) is 0 Å². The summed E-state index contributed by atoms with van der Waals surface area (Å²) in [5.41, 5.74) is 8.58. The molecule has 0 radical (unpaired) electrons. The summed E-state index contributed by atoms with van der Waals surface area (Å²) in [6.07, 6.45) is 3.01. The molecule has 35 heavy (non-hydrogen) atoms. The number of benzene rings is 2. The molecule has 0 saturated heterocycles. The molecule has 1 aliphatic rings. The van der Waals surface area contributed by atoms with Crippen LogP contribution in [0.2, 0.25) is 5.02 Å². The topological polar surface area (TPSA) is 105 Å². The number of hydrogen-bond donors (Lipinski definition) is 3. The van der Waals surface area contributed by atoms with Crippen LogP contribution in [0.4, 0.5) is 5.69 Å². The average Bonchev–Trinajstić information content (AvgIpc) is 3.58. The van der Waals surface area contributed by atoms with Crippen LogP contribution >= 0.6 is 22.9 Å². The molecule has 0 amide bonds. The first-order chi connectivity index (χ1) is 16.5.